The summed E-state index contributed by atoms with van der Waals surface area (Å²) < 4.78 is 11.9. The third kappa shape index (κ3) is 3.28. The van der Waals surface area contributed by atoms with Crippen LogP contribution in [0.25, 0.3) is 78.0 Å². The summed E-state index contributed by atoms with van der Waals surface area (Å²) in [6.45, 7) is 0. The van der Waals surface area contributed by atoms with Gasteiger partial charge in [0.25, 0.3) is 0 Å². The molecule has 0 saturated heterocycles. The molecule has 6 aromatic heterocycles. The van der Waals surface area contributed by atoms with Crippen molar-refractivity contribution in [2.24, 2.45) is 0 Å². The monoisotopic (exact) mass is 490 g/mol. The molecule has 0 bridgehead atoms. The van der Waals surface area contributed by atoms with E-state index in [-0.39, 0.29) is 0 Å². The molecule has 2 aromatic carbocycles. The third-order valence-electron chi connectivity index (χ3n) is 6.80. The van der Waals surface area contributed by atoms with Gasteiger partial charge in [-0.1, -0.05) is 12.1 Å². The minimum absolute atomic E-state index is 0.778. The van der Waals surface area contributed by atoms with Crippen molar-refractivity contribution < 1.29 is 8.83 Å². The lowest BCUT2D eigenvalue weighted by atomic mass is 10.1. The quantitative estimate of drug-likeness (QED) is 0.249. The van der Waals surface area contributed by atoms with E-state index in [9.17, 15) is 0 Å². The highest BCUT2D eigenvalue weighted by molar-refractivity contribution is 6.04. The maximum absolute atomic E-state index is 5.93. The van der Waals surface area contributed by atoms with E-state index in [0.29, 0.717) is 0 Å². The average Bonchev–Trinajstić information content (AvgIpc) is 3.55. The van der Waals surface area contributed by atoms with E-state index >= 15 is 0 Å². The predicted octanol–water partition coefficient (Wildman–Crippen LogP) is 8.07. The molecular formula is C32H18N4O2. The van der Waals surface area contributed by atoms with Crippen molar-refractivity contribution in [3.63, 3.8) is 0 Å². The number of pyridine rings is 4. The van der Waals surface area contributed by atoms with Crippen molar-refractivity contribution in [3.8, 4) is 33.9 Å². The minimum Gasteiger partial charge on any atom is -0.454 e. The smallest absolute Gasteiger partial charge is 0.153 e. The fraction of sp³-hybridized carbons (Fsp3) is 0. The summed E-state index contributed by atoms with van der Waals surface area (Å²) in [5.41, 5.74) is 10.2. The second-order valence-electron chi connectivity index (χ2n) is 9.14. The Kier molecular flexibility index (Phi) is 4.42. The van der Waals surface area contributed by atoms with Gasteiger partial charge in [0.1, 0.15) is 22.2 Å². The molecule has 0 spiro atoms. The molecule has 0 atom stereocenters. The Balaban J connectivity index is 1.20. The van der Waals surface area contributed by atoms with E-state index in [1.165, 1.54) is 0 Å². The lowest BCUT2D eigenvalue weighted by Gasteiger charge is -2.07. The summed E-state index contributed by atoms with van der Waals surface area (Å²) >= 11 is 0. The molecule has 0 aliphatic carbocycles. The van der Waals surface area contributed by atoms with Crippen LogP contribution in [-0.4, -0.2) is 19.9 Å². The lowest BCUT2D eigenvalue weighted by molar-refractivity contribution is 0.668. The Bertz CT molecular complexity index is 2000. The van der Waals surface area contributed by atoms with Crippen LogP contribution in [0.5, 0.6) is 0 Å². The lowest BCUT2D eigenvalue weighted by Crippen LogP contribution is -1.92. The van der Waals surface area contributed by atoms with Crippen LogP contribution in [0.1, 0.15) is 0 Å². The largest absolute Gasteiger partial charge is 0.454 e. The van der Waals surface area contributed by atoms with Gasteiger partial charge in [0.15, 0.2) is 11.2 Å². The first-order chi connectivity index (χ1) is 18.8. The van der Waals surface area contributed by atoms with Crippen LogP contribution in [0.2, 0.25) is 0 Å². The van der Waals surface area contributed by atoms with Crippen LogP contribution < -0.4 is 0 Å². The van der Waals surface area contributed by atoms with E-state index < -0.39 is 0 Å². The van der Waals surface area contributed by atoms with Gasteiger partial charge in [-0.15, -0.1) is 0 Å². The zero-order chi connectivity index (χ0) is 25.1. The van der Waals surface area contributed by atoms with Crippen LogP contribution in [0.15, 0.2) is 118 Å². The molecule has 0 unspecified atom stereocenters. The van der Waals surface area contributed by atoms with Crippen molar-refractivity contribution >= 4 is 44.1 Å². The molecule has 178 valence electrons. The van der Waals surface area contributed by atoms with Gasteiger partial charge in [-0.2, -0.15) is 0 Å². The van der Waals surface area contributed by atoms with Crippen molar-refractivity contribution in [2.45, 2.75) is 0 Å². The zero-order valence-corrected chi connectivity index (χ0v) is 20.0. The van der Waals surface area contributed by atoms with E-state index in [0.717, 1.165) is 78.0 Å². The molecule has 38 heavy (non-hydrogen) atoms. The average molecular weight is 491 g/mol. The van der Waals surface area contributed by atoms with Crippen molar-refractivity contribution in [2.75, 3.05) is 0 Å². The van der Waals surface area contributed by atoms with Gasteiger partial charge in [0.05, 0.1) is 22.8 Å². The van der Waals surface area contributed by atoms with Crippen LogP contribution in [0.3, 0.4) is 0 Å². The van der Waals surface area contributed by atoms with Gasteiger partial charge in [0, 0.05) is 34.3 Å². The number of aromatic nitrogens is 4. The van der Waals surface area contributed by atoms with Crippen LogP contribution >= 0.6 is 0 Å². The molecule has 6 nitrogen and oxygen atoms in total. The molecule has 0 aliphatic heterocycles. The van der Waals surface area contributed by atoms with Crippen LogP contribution in [0, 0.1) is 0 Å². The molecule has 0 amide bonds. The van der Waals surface area contributed by atoms with Gasteiger partial charge < -0.3 is 8.83 Å². The Morgan fingerprint density at radius 2 is 0.895 bits per heavy atom. The van der Waals surface area contributed by atoms with Crippen LogP contribution in [0.4, 0.5) is 0 Å². The zero-order valence-electron chi connectivity index (χ0n) is 20.0. The molecule has 0 aliphatic rings. The number of hydrogen-bond donors (Lipinski definition) is 0. The molecule has 8 aromatic rings. The Morgan fingerprint density at radius 1 is 0.421 bits per heavy atom. The SMILES string of the molecule is c1cc(-c2ccc3oc4cccnc4c3c2)nc(-c2cccc(-c3ccc4oc5cccnc5c4c3)n2)c1. The van der Waals surface area contributed by atoms with Gasteiger partial charge in [0.2, 0.25) is 0 Å². The van der Waals surface area contributed by atoms with Crippen molar-refractivity contribution in [1.82, 2.24) is 19.9 Å². The summed E-state index contributed by atoms with van der Waals surface area (Å²) in [4.78, 5) is 18.9. The summed E-state index contributed by atoms with van der Waals surface area (Å²) in [6.07, 6.45) is 3.57. The number of rotatable bonds is 3. The van der Waals surface area contributed by atoms with Gasteiger partial charge in [-0.3, -0.25) is 9.97 Å². The molecule has 6 heteroatoms. The third-order valence-corrected chi connectivity index (χ3v) is 6.80. The molecule has 8 rings (SSSR count). The normalized spacial score (nSPS) is 11.7. The maximum Gasteiger partial charge on any atom is 0.153 e. The second kappa shape index (κ2) is 8.08. The number of hydrogen-bond acceptors (Lipinski definition) is 6. The second-order valence-corrected chi connectivity index (χ2v) is 9.14. The first-order valence-electron chi connectivity index (χ1n) is 12.3. The fourth-order valence-corrected chi connectivity index (χ4v) is 4.99. The standard InChI is InChI=1S/C32H18N4O2/c1-5-23(19-11-13-27-21(17-19)31-29(37-27)9-3-15-33-31)35-25(7-1)26-8-2-6-24(36-26)20-12-14-28-22(18-20)32-30(38-28)10-4-16-34-32/h1-18H. The van der Waals surface area contributed by atoms with Gasteiger partial charge in [-0.25, -0.2) is 9.97 Å². The topological polar surface area (TPSA) is 77.8 Å². The number of nitrogens with zero attached hydrogens (tertiary/aromatic N) is 4. The molecule has 0 N–H and O–H groups in total. The predicted molar refractivity (Wildman–Crippen MR) is 148 cm³/mol. The molecule has 0 radical (unpaired) electrons. The Labute approximate surface area is 216 Å². The highest BCUT2D eigenvalue weighted by Gasteiger charge is 2.13. The number of fused-ring (bicyclic) bond motifs is 6. The van der Waals surface area contributed by atoms with Crippen molar-refractivity contribution in [3.05, 3.63) is 109 Å². The Hall–Kier alpha value is -5.36. The molecule has 0 saturated carbocycles. The van der Waals surface area contributed by atoms with Crippen molar-refractivity contribution in [1.29, 1.82) is 0 Å². The minimum atomic E-state index is 0.778. The van der Waals surface area contributed by atoms with Gasteiger partial charge in [-0.05, 0) is 84.9 Å². The first-order valence-corrected chi connectivity index (χ1v) is 12.3. The summed E-state index contributed by atoms with van der Waals surface area (Å²) in [6, 6.07) is 31.8. The van der Waals surface area contributed by atoms with Crippen LogP contribution in [-0.2, 0) is 0 Å². The van der Waals surface area contributed by atoms with E-state index in [4.69, 9.17) is 18.8 Å². The fourth-order valence-electron chi connectivity index (χ4n) is 4.99. The summed E-state index contributed by atoms with van der Waals surface area (Å²) in [7, 11) is 0. The first kappa shape index (κ1) is 20.8. The highest BCUT2D eigenvalue weighted by atomic mass is 16.3. The Morgan fingerprint density at radius 3 is 1.39 bits per heavy atom. The highest BCUT2D eigenvalue weighted by Crippen LogP contribution is 2.33. The summed E-state index contributed by atoms with van der Waals surface area (Å²) in [5.74, 6) is 0. The van der Waals surface area contributed by atoms with E-state index in [1.54, 1.807) is 12.4 Å². The number of furan rings is 2. The maximum atomic E-state index is 5.93. The molecular weight excluding hydrogens is 472 g/mol. The van der Waals surface area contributed by atoms with Gasteiger partial charge >= 0.3 is 0 Å². The molecule has 0 fully saturated rings. The van der Waals surface area contributed by atoms with E-state index in [2.05, 4.69) is 22.1 Å². The summed E-state index contributed by atoms with van der Waals surface area (Å²) in [5, 5.41) is 1.95. The molecule has 6 heterocycles. The number of benzene rings is 2. The van der Waals surface area contributed by atoms with E-state index in [1.807, 2.05) is 84.9 Å².